The average molecular weight is 559 g/mol. The molecule has 10 nitrogen and oxygen atoms in total. The number of aryl methyl sites for hydroxylation is 1. The van der Waals surface area contributed by atoms with Gasteiger partial charge in [-0.15, -0.1) is 0 Å². The molecule has 0 aliphatic carbocycles. The zero-order chi connectivity index (χ0) is 28.7. The number of hydrogen-bond donors (Lipinski definition) is 0. The van der Waals surface area contributed by atoms with Gasteiger partial charge in [0, 0.05) is 6.42 Å². The number of amides is 3. The van der Waals surface area contributed by atoms with Crippen molar-refractivity contribution in [2.45, 2.75) is 38.1 Å². The molecule has 6 rings (SSSR count). The first-order chi connectivity index (χ1) is 19.8. The molecule has 0 unspecified atom stereocenters. The van der Waals surface area contributed by atoms with E-state index in [9.17, 15) is 23.2 Å². The summed E-state index contributed by atoms with van der Waals surface area (Å²) in [4.78, 5) is 41.1. The second-order valence-electron chi connectivity index (χ2n) is 9.86. The predicted molar refractivity (Wildman–Crippen MR) is 143 cm³/mol. The molecule has 0 bridgehead atoms. The molecule has 0 radical (unpaired) electrons. The Morgan fingerprint density at radius 3 is 2.37 bits per heavy atom. The zero-order valence-electron chi connectivity index (χ0n) is 21.8. The average Bonchev–Trinajstić information content (AvgIpc) is 3.65. The topological polar surface area (TPSA) is 107 Å². The maximum Gasteiger partial charge on any atom is 0.387 e. The van der Waals surface area contributed by atoms with Crippen LogP contribution in [0.25, 0.3) is 0 Å². The Hall–Kier alpha value is -5.00. The van der Waals surface area contributed by atoms with Crippen molar-refractivity contribution in [2.75, 3.05) is 11.4 Å². The van der Waals surface area contributed by atoms with Gasteiger partial charge in [0.05, 0.1) is 17.4 Å². The molecular formula is C29H24F2N6O4. The van der Waals surface area contributed by atoms with Crippen LogP contribution in [0.2, 0.25) is 0 Å². The Bertz CT molecular complexity index is 1550. The quantitative estimate of drug-likeness (QED) is 0.403. The first-order valence-electron chi connectivity index (χ1n) is 12.9. The Labute approximate surface area is 233 Å². The van der Waals surface area contributed by atoms with Crippen LogP contribution in [0, 0.1) is 6.92 Å². The van der Waals surface area contributed by atoms with Crippen LogP contribution in [-0.2, 0) is 14.4 Å². The van der Waals surface area contributed by atoms with Crippen LogP contribution in [0.4, 0.5) is 14.5 Å². The smallest absolute Gasteiger partial charge is 0.387 e. The minimum Gasteiger partial charge on any atom is -0.435 e. The summed E-state index contributed by atoms with van der Waals surface area (Å²) in [5.41, 5.74) is 3.49. The van der Waals surface area contributed by atoms with Crippen LogP contribution in [-0.4, -0.2) is 58.7 Å². The largest absolute Gasteiger partial charge is 0.435 e. The number of hydrogen-bond acceptors (Lipinski definition) is 8. The van der Waals surface area contributed by atoms with E-state index in [0.29, 0.717) is 23.4 Å². The predicted octanol–water partition coefficient (Wildman–Crippen LogP) is 4.27. The number of carbonyl (C=O) groups excluding carboxylic acids is 3. The fraction of sp³-hybridized carbons (Fsp3) is 0.241. The van der Waals surface area contributed by atoms with Gasteiger partial charge in [-0.3, -0.25) is 19.4 Å². The molecule has 0 N–H and O–H groups in total. The van der Waals surface area contributed by atoms with Crippen molar-refractivity contribution in [1.29, 1.82) is 0 Å². The SMILES string of the molecule is Cc1ccc(N2C(=O)[C@@H]3[C@@H](N=NN3CC(=O)N3N=C(c4ccc(OC(F)F)cc4)C[C@H]3c3ccccc3)C2=O)cc1. The third-order valence-corrected chi connectivity index (χ3v) is 7.21. The molecule has 0 aromatic heterocycles. The Morgan fingerprint density at radius 1 is 0.976 bits per heavy atom. The van der Waals surface area contributed by atoms with Crippen molar-refractivity contribution in [3.8, 4) is 5.75 Å². The summed E-state index contributed by atoms with van der Waals surface area (Å²) in [6.45, 7) is -1.36. The lowest BCUT2D eigenvalue weighted by Gasteiger charge is -2.25. The summed E-state index contributed by atoms with van der Waals surface area (Å²) in [6.07, 6.45) is 0.372. The Morgan fingerprint density at radius 2 is 1.68 bits per heavy atom. The van der Waals surface area contributed by atoms with Crippen LogP contribution >= 0.6 is 0 Å². The number of hydrazone groups is 1. The normalized spacial score (nSPS) is 21.6. The minimum atomic E-state index is -2.94. The number of ether oxygens (including phenoxy) is 1. The molecule has 3 amide bonds. The fourth-order valence-electron chi connectivity index (χ4n) is 5.19. The fourth-order valence-corrected chi connectivity index (χ4v) is 5.19. The van der Waals surface area contributed by atoms with Crippen LogP contribution in [0.5, 0.6) is 5.75 Å². The van der Waals surface area contributed by atoms with E-state index in [0.717, 1.165) is 16.0 Å². The number of rotatable bonds is 7. The summed E-state index contributed by atoms with van der Waals surface area (Å²) < 4.78 is 29.6. The summed E-state index contributed by atoms with van der Waals surface area (Å²) in [5, 5.41) is 15.2. The van der Waals surface area contributed by atoms with Crippen molar-refractivity contribution in [3.05, 3.63) is 95.6 Å². The highest BCUT2D eigenvalue weighted by Gasteiger charge is 2.55. The molecule has 12 heteroatoms. The number of imide groups is 1. The van der Waals surface area contributed by atoms with Gasteiger partial charge >= 0.3 is 6.61 Å². The van der Waals surface area contributed by atoms with E-state index < -0.39 is 42.5 Å². The number of halogens is 2. The molecular weight excluding hydrogens is 534 g/mol. The summed E-state index contributed by atoms with van der Waals surface area (Å²) in [7, 11) is 0. The van der Waals surface area contributed by atoms with Gasteiger partial charge in [0.1, 0.15) is 12.3 Å². The van der Waals surface area contributed by atoms with Gasteiger partial charge in [0.2, 0.25) is 0 Å². The van der Waals surface area contributed by atoms with E-state index in [1.165, 1.54) is 22.2 Å². The van der Waals surface area contributed by atoms with E-state index in [2.05, 4.69) is 20.2 Å². The number of nitrogens with zero attached hydrogens (tertiary/aromatic N) is 6. The maximum absolute atomic E-state index is 13.7. The van der Waals surface area contributed by atoms with Gasteiger partial charge in [-0.05, 0) is 54.4 Å². The van der Waals surface area contributed by atoms with Crippen molar-refractivity contribution < 1.29 is 27.9 Å². The van der Waals surface area contributed by atoms with E-state index in [4.69, 9.17) is 0 Å². The molecule has 3 aliphatic rings. The molecule has 3 atom stereocenters. The van der Waals surface area contributed by atoms with Gasteiger partial charge in [-0.25, -0.2) is 9.91 Å². The second kappa shape index (κ2) is 10.5. The molecule has 3 aromatic carbocycles. The number of benzene rings is 3. The summed E-state index contributed by atoms with van der Waals surface area (Å²) >= 11 is 0. The molecule has 208 valence electrons. The summed E-state index contributed by atoms with van der Waals surface area (Å²) in [5.74, 6) is -1.43. The van der Waals surface area contributed by atoms with Gasteiger partial charge in [0.15, 0.2) is 12.1 Å². The van der Waals surface area contributed by atoms with E-state index >= 15 is 0 Å². The monoisotopic (exact) mass is 558 g/mol. The van der Waals surface area contributed by atoms with Gasteiger partial charge in [0.25, 0.3) is 17.7 Å². The first kappa shape index (κ1) is 26.2. The highest BCUT2D eigenvalue weighted by Crippen LogP contribution is 2.35. The highest BCUT2D eigenvalue weighted by atomic mass is 19.3. The molecule has 0 saturated carbocycles. The lowest BCUT2D eigenvalue weighted by Crippen LogP contribution is -2.44. The van der Waals surface area contributed by atoms with E-state index in [1.54, 1.807) is 36.4 Å². The molecule has 3 aromatic rings. The second-order valence-corrected chi connectivity index (χ2v) is 9.86. The molecule has 0 spiro atoms. The molecule has 3 heterocycles. The molecule has 3 aliphatic heterocycles. The van der Waals surface area contributed by atoms with Crippen LogP contribution in [0.3, 0.4) is 0 Å². The lowest BCUT2D eigenvalue weighted by molar-refractivity contribution is -0.135. The molecule has 41 heavy (non-hydrogen) atoms. The Kier molecular flexibility index (Phi) is 6.73. The van der Waals surface area contributed by atoms with Gasteiger partial charge < -0.3 is 4.74 Å². The number of alkyl halides is 2. The summed E-state index contributed by atoms with van der Waals surface area (Å²) in [6, 6.07) is 19.9. The molecule has 1 fully saturated rings. The van der Waals surface area contributed by atoms with Crippen LogP contribution in [0.15, 0.2) is 94.3 Å². The zero-order valence-corrected chi connectivity index (χ0v) is 21.8. The van der Waals surface area contributed by atoms with Crippen molar-refractivity contribution in [2.24, 2.45) is 15.4 Å². The lowest BCUT2D eigenvalue weighted by atomic mass is 9.98. The standard InChI is InChI=1S/C29H24F2N6O4/c1-17-7-11-20(12-8-17)36-27(39)25-26(28(36)40)35(34-32-25)16-24(38)37-23(19-5-3-2-4-6-19)15-22(33-37)18-9-13-21(14-10-18)41-29(30)31/h2-14,23,25-26,29H,15-16H2,1H3/t23-,25+,26-/m0/s1. The third kappa shape index (κ3) is 4.92. The third-order valence-electron chi connectivity index (χ3n) is 7.21. The van der Waals surface area contributed by atoms with E-state index in [1.807, 2.05) is 37.3 Å². The van der Waals surface area contributed by atoms with Crippen molar-refractivity contribution in [1.82, 2.24) is 10.0 Å². The van der Waals surface area contributed by atoms with Crippen molar-refractivity contribution in [3.63, 3.8) is 0 Å². The van der Waals surface area contributed by atoms with Crippen LogP contribution in [0.1, 0.15) is 29.2 Å². The maximum atomic E-state index is 13.7. The number of anilines is 1. The Balaban J connectivity index is 1.23. The number of fused-ring (bicyclic) bond motifs is 1. The van der Waals surface area contributed by atoms with Gasteiger partial charge in [-0.2, -0.15) is 19.0 Å². The van der Waals surface area contributed by atoms with Crippen molar-refractivity contribution >= 4 is 29.1 Å². The van der Waals surface area contributed by atoms with Gasteiger partial charge in [-0.1, -0.05) is 53.3 Å². The molecule has 1 saturated heterocycles. The highest BCUT2D eigenvalue weighted by molar-refractivity contribution is 6.25. The number of carbonyl (C=O) groups is 3. The first-order valence-corrected chi connectivity index (χ1v) is 12.9. The minimum absolute atomic E-state index is 0.0132. The van der Waals surface area contributed by atoms with Crippen LogP contribution < -0.4 is 9.64 Å². The van der Waals surface area contributed by atoms with E-state index in [-0.39, 0.29) is 12.3 Å².